The van der Waals surface area contributed by atoms with Gasteiger partial charge < -0.3 is 4.55 Å². The molecule has 1 aromatic heterocycles. The van der Waals surface area contributed by atoms with Crippen LogP contribution in [-0.2, 0) is 10.1 Å². The molecule has 0 fully saturated rings. The molecule has 0 bridgehead atoms. The van der Waals surface area contributed by atoms with Crippen molar-refractivity contribution in [3.63, 3.8) is 0 Å². The van der Waals surface area contributed by atoms with Crippen molar-refractivity contribution in [1.29, 1.82) is 0 Å². The van der Waals surface area contributed by atoms with E-state index in [0.717, 1.165) is 12.4 Å². The van der Waals surface area contributed by atoms with Crippen LogP contribution in [0.2, 0.25) is 0 Å². The molecule has 1 heterocycles. The molecule has 0 atom stereocenters. The van der Waals surface area contributed by atoms with Gasteiger partial charge in [0.15, 0.2) is 0 Å². The van der Waals surface area contributed by atoms with E-state index in [1.807, 2.05) is 0 Å². The van der Waals surface area contributed by atoms with Crippen LogP contribution in [0.1, 0.15) is 0 Å². The number of nitrogens with zero attached hydrogens (tertiary/aromatic N) is 1. The fraction of sp³-hybridized carbons (Fsp3) is 0. The van der Waals surface area contributed by atoms with Gasteiger partial charge in [0.25, 0.3) is 0 Å². The zero-order chi connectivity index (χ0) is 8.48. The van der Waals surface area contributed by atoms with Crippen LogP contribution in [0.4, 0.5) is 4.39 Å². The second kappa shape index (κ2) is 4.29. The minimum atomic E-state index is -4.58. The molecule has 0 saturated heterocycles. The Hall–Kier alpha value is -0.0100. The van der Waals surface area contributed by atoms with E-state index in [4.69, 9.17) is 0 Å². The van der Waals surface area contributed by atoms with E-state index in [2.05, 4.69) is 4.98 Å². The topological polar surface area (TPSA) is 70.1 Å². The fourth-order valence-corrected chi connectivity index (χ4v) is 0.976. The van der Waals surface area contributed by atoms with Crippen LogP contribution in [0.25, 0.3) is 0 Å². The monoisotopic (exact) mass is 199 g/mol. The third-order valence-electron chi connectivity index (χ3n) is 0.968. The van der Waals surface area contributed by atoms with Crippen LogP contribution in [0.3, 0.4) is 0 Å². The second-order valence-electron chi connectivity index (χ2n) is 1.79. The summed E-state index contributed by atoms with van der Waals surface area (Å²) >= 11 is 0. The molecule has 7 heteroatoms. The van der Waals surface area contributed by atoms with Crippen molar-refractivity contribution in [3.05, 3.63) is 24.3 Å². The summed E-state index contributed by atoms with van der Waals surface area (Å²) in [6, 6.07) is 0.620. The summed E-state index contributed by atoms with van der Waals surface area (Å²) < 4.78 is 42.9. The smallest absolute Gasteiger partial charge is 0.744 e. The Labute approximate surface area is 90.9 Å². The largest absolute Gasteiger partial charge is 1.00 e. The molecule has 0 radical (unpaired) electrons. The molecule has 12 heavy (non-hydrogen) atoms. The maximum atomic E-state index is 12.2. The van der Waals surface area contributed by atoms with Gasteiger partial charge in [-0.25, -0.2) is 12.8 Å². The van der Waals surface area contributed by atoms with Gasteiger partial charge in [-0.3, -0.25) is 4.98 Å². The number of halogens is 1. The van der Waals surface area contributed by atoms with E-state index in [0.29, 0.717) is 6.07 Å². The molecule has 1 aromatic rings. The molecule has 0 spiro atoms. The molecule has 0 saturated carbocycles. The van der Waals surface area contributed by atoms with Crippen molar-refractivity contribution in [3.8, 4) is 0 Å². The Morgan fingerprint density at radius 2 is 2.00 bits per heavy atom. The minimum absolute atomic E-state index is 0. The van der Waals surface area contributed by atoms with Crippen molar-refractivity contribution in [2.45, 2.75) is 4.90 Å². The van der Waals surface area contributed by atoms with Crippen LogP contribution in [-0.4, -0.2) is 18.0 Å². The van der Waals surface area contributed by atoms with Gasteiger partial charge in [-0.1, -0.05) is 0 Å². The zero-order valence-corrected chi connectivity index (χ0v) is 9.01. The van der Waals surface area contributed by atoms with Gasteiger partial charge in [-0.2, -0.15) is 0 Å². The summed E-state index contributed by atoms with van der Waals surface area (Å²) in [5.74, 6) is -0.845. The molecular weight excluding hydrogens is 196 g/mol. The molecule has 0 aliphatic heterocycles. The predicted molar refractivity (Wildman–Crippen MR) is 32.2 cm³/mol. The second-order valence-corrected chi connectivity index (χ2v) is 3.17. The van der Waals surface area contributed by atoms with E-state index >= 15 is 0 Å². The van der Waals surface area contributed by atoms with E-state index in [-0.39, 0.29) is 29.6 Å². The molecule has 4 nitrogen and oxygen atoms in total. The Bertz CT molecular complexity index is 367. The van der Waals surface area contributed by atoms with Gasteiger partial charge in [0.2, 0.25) is 0 Å². The number of hydrogen-bond donors (Lipinski definition) is 0. The van der Waals surface area contributed by atoms with Crippen LogP contribution in [0, 0.1) is 5.82 Å². The first kappa shape index (κ1) is 12.0. The van der Waals surface area contributed by atoms with Crippen LogP contribution >= 0.6 is 0 Å². The van der Waals surface area contributed by atoms with Gasteiger partial charge in [-0.05, 0) is 6.07 Å². The Balaban J connectivity index is 0.00000121. The van der Waals surface area contributed by atoms with E-state index in [1.54, 1.807) is 0 Å². The zero-order valence-electron chi connectivity index (χ0n) is 6.19. The maximum absolute atomic E-state index is 12.2. The number of hydrogen-bond acceptors (Lipinski definition) is 4. The van der Waals surface area contributed by atoms with E-state index in [9.17, 15) is 17.4 Å². The van der Waals surface area contributed by atoms with Crippen molar-refractivity contribution < 1.29 is 46.9 Å². The van der Waals surface area contributed by atoms with Gasteiger partial charge in [0.1, 0.15) is 15.9 Å². The fourth-order valence-electron chi connectivity index (χ4n) is 0.529. The first-order valence-electron chi connectivity index (χ1n) is 2.56. The summed E-state index contributed by atoms with van der Waals surface area (Å²) in [4.78, 5) is 2.54. The van der Waals surface area contributed by atoms with Crippen LogP contribution < -0.4 is 29.6 Å². The van der Waals surface area contributed by atoms with E-state index < -0.39 is 20.8 Å². The Morgan fingerprint density at radius 1 is 1.42 bits per heavy atom. The molecule has 60 valence electrons. The van der Waals surface area contributed by atoms with Crippen molar-refractivity contribution in [2.75, 3.05) is 0 Å². The molecule has 0 amide bonds. The summed E-state index contributed by atoms with van der Waals surface area (Å²) in [6.07, 6.45) is 1.61. The SMILES string of the molecule is O=S(=O)([O-])c1cncc(F)c1.[Na+]. The maximum Gasteiger partial charge on any atom is 1.00 e. The van der Waals surface area contributed by atoms with Crippen molar-refractivity contribution in [1.82, 2.24) is 4.98 Å². The Morgan fingerprint density at radius 3 is 2.33 bits per heavy atom. The van der Waals surface area contributed by atoms with Gasteiger partial charge in [0, 0.05) is 6.20 Å². The summed E-state index contributed by atoms with van der Waals surface area (Å²) in [6.45, 7) is 0. The average Bonchev–Trinajstić information content (AvgIpc) is 1.86. The van der Waals surface area contributed by atoms with Crippen molar-refractivity contribution in [2.24, 2.45) is 0 Å². The molecule has 0 aliphatic rings. The first-order valence-corrected chi connectivity index (χ1v) is 3.97. The third kappa shape index (κ3) is 3.16. The summed E-state index contributed by atoms with van der Waals surface area (Å²) in [7, 11) is -4.58. The number of pyridine rings is 1. The molecule has 1 rings (SSSR count). The van der Waals surface area contributed by atoms with Gasteiger partial charge in [-0.15, -0.1) is 0 Å². The van der Waals surface area contributed by atoms with Gasteiger partial charge in [0.05, 0.1) is 11.1 Å². The third-order valence-corrected chi connectivity index (χ3v) is 1.77. The van der Waals surface area contributed by atoms with Crippen LogP contribution in [0.15, 0.2) is 23.4 Å². The number of aromatic nitrogens is 1. The van der Waals surface area contributed by atoms with Crippen LogP contribution in [0.5, 0.6) is 0 Å². The molecular formula is C5H3FNNaO3S. The minimum Gasteiger partial charge on any atom is -0.744 e. The van der Waals surface area contributed by atoms with Crippen molar-refractivity contribution >= 4 is 10.1 Å². The summed E-state index contributed by atoms with van der Waals surface area (Å²) in [5, 5.41) is 0. The predicted octanol–water partition coefficient (Wildman–Crippen LogP) is -2.87. The average molecular weight is 199 g/mol. The molecule has 0 unspecified atom stereocenters. The normalized spacial score (nSPS) is 10.5. The number of rotatable bonds is 1. The first-order chi connectivity index (χ1) is 5.00. The van der Waals surface area contributed by atoms with Gasteiger partial charge >= 0.3 is 29.6 Å². The summed E-state index contributed by atoms with van der Waals surface area (Å²) in [5.41, 5.74) is 0. The quantitative estimate of drug-likeness (QED) is 0.360. The molecule has 0 N–H and O–H groups in total. The van der Waals surface area contributed by atoms with E-state index in [1.165, 1.54) is 0 Å². The standard InChI is InChI=1S/C5H4FNO3S.Na/c6-4-1-5(3-7-2-4)11(8,9)10;/h1-3H,(H,8,9,10);/q;+1/p-1. The Kier molecular flexibility index (Phi) is 4.29. The molecule has 0 aromatic carbocycles. The molecule has 0 aliphatic carbocycles.